The van der Waals surface area contributed by atoms with Crippen LogP contribution >= 0.6 is 11.3 Å². The van der Waals surface area contributed by atoms with E-state index in [0.717, 1.165) is 12.8 Å². The second-order valence-corrected chi connectivity index (χ2v) is 10.3. The molecule has 0 saturated heterocycles. The lowest BCUT2D eigenvalue weighted by Crippen LogP contribution is -2.39. The van der Waals surface area contributed by atoms with E-state index in [1.54, 1.807) is 47.7 Å². The van der Waals surface area contributed by atoms with Gasteiger partial charge < -0.3 is 4.90 Å². The van der Waals surface area contributed by atoms with Crippen LogP contribution in [0.3, 0.4) is 0 Å². The molecule has 1 aromatic heterocycles. The molecule has 1 amide bonds. The number of amides is 1. The standard InChI is InChI=1S/C23H24N2O3S2/c1-3-21-20-13-15-29-22(20)12-14-25(21)23(26)17-8-7-11-19(16-17)30(27,28)24(2)18-9-5-4-6-10-18/h4-11,13,15-16,21H,3,12,14H2,1-2H3. The quantitative estimate of drug-likeness (QED) is 0.577. The van der Waals surface area contributed by atoms with Crippen molar-refractivity contribution in [1.29, 1.82) is 0 Å². The molecule has 30 heavy (non-hydrogen) atoms. The Morgan fingerprint density at radius 1 is 1.13 bits per heavy atom. The Labute approximate surface area is 181 Å². The monoisotopic (exact) mass is 440 g/mol. The molecule has 4 rings (SSSR count). The van der Waals surface area contributed by atoms with Crippen LogP contribution in [0.2, 0.25) is 0 Å². The third-order valence-electron chi connectivity index (χ3n) is 5.60. The van der Waals surface area contributed by atoms with Crippen LogP contribution in [-0.4, -0.2) is 32.8 Å². The summed E-state index contributed by atoms with van der Waals surface area (Å²) >= 11 is 1.74. The summed E-state index contributed by atoms with van der Waals surface area (Å²) in [5.74, 6) is -0.127. The number of para-hydroxylation sites is 1. The van der Waals surface area contributed by atoms with Gasteiger partial charge in [-0.3, -0.25) is 9.10 Å². The topological polar surface area (TPSA) is 57.7 Å². The van der Waals surface area contributed by atoms with E-state index >= 15 is 0 Å². The van der Waals surface area contributed by atoms with Gasteiger partial charge in [0.1, 0.15) is 0 Å². The molecule has 0 fully saturated rings. The van der Waals surface area contributed by atoms with Crippen LogP contribution in [-0.2, 0) is 16.4 Å². The molecule has 156 valence electrons. The van der Waals surface area contributed by atoms with Crippen LogP contribution in [0.4, 0.5) is 5.69 Å². The van der Waals surface area contributed by atoms with Crippen LogP contribution in [0, 0.1) is 0 Å². The van der Waals surface area contributed by atoms with E-state index in [-0.39, 0.29) is 16.8 Å². The molecule has 0 spiro atoms. The van der Waals surface area contributed by atoms with Crippen LogP contribution < -0.4 is 4.31 Å². The number of hydrogen-bond donors (Lipinski definition) is 0. The number of rotatable bonds is 5. The van der Waals surface area contributed by atoms with E-state index in [0.29, 0.717) is 17.8 Å². The first-order valence-electron chi connectivity index (χ1n) is 9.94. The minimum Gasteiger partial charge on any atom is -0.331 e. The highest BCUT2D eigenvalue weighted by molar-refractivity contribution is 7.92. The van der Waals surface area contributed by atoms with Crippen molar-refractivity contribution in [3.63, 3.8) is 0 Å². The lowest BCUT2D eigenvalue weighted by Gasteiger charge is -2.35. The summed E-state index contributed by atoms with van der Waals surface area (Å²) in [6, 6.07) is 17.4. The van der Waals surface area contributed by atoms with Gasteiger partial charge in [-0.15, -0.1) is 11.3 Å². The average Bonchev–Trinajstić information content (AvgIpc) is 3.27. The van der Waals surface area contributed by atoms with E-state index < -0.39 is 10.0 Å². The Kier molecular flexibility index (Phi) is 5.66. The Morgan fingerprint density at radius 3 is 2.63 bits per heavy atom. The number of benzene rings is 2. The largest absolute Gasteiger partial charge is 0.331 e. The molecule has 0 N–H and O–H groups in total. The summed E-state index contributed by atoms with van der Waals surface area (Å²) in [6.07, 6.45) is 1.66. The molecule has 2 aromatic carbocycles. The van der Waals surface area contributed by atoms with Crippen LogP contribution in [0.15, 0.2) is 70.9 Å². The van der Waals surface area contributed by atoms with Gasteiger partial charge in [0, 0.05) is 24.0 Å². The molecule has 0 radical (unpaired) electrons. The molecule has 0 bridgehead atoms. The first kappa shape index (κ1) is 20.6. The molecule has 3 aromatic rings. The summed E-state index contributed by atoms with van der Waals surface area (Å²) < 4.78 is 27.5. The summed E-state index contributed by atoms with van der Waals surface area (Å²) in [6.45, 7) is 2.72. The fourth-order valence-corrected chi connectivity index (χ4v) is 6.14. The summed E-state index contributed by atoms with van der Waals surface area (Å²) in [4.78, 5) is 16.7. The van der Waals surface area contributed by atoms with Crippen LogP contribution in [0.1, 0.15) is 40.2 Å². The SMILES string of the molecule is CCC1c2ccsc2CCN1C(=O)c1cccc(S(=O)(=O)N(C)c2ccccc2)c1. The number of nitrogens with zero attached hydrogens (tertiary/aromatic N) is 2. The smallest absolute Gasteiger partial charge is 0.264 e. The molecular formula is C23H24N2O3S2. The minimum absolute atomic E-state index is 0.0276. The highest BCUT2D eigenvalue weighted by Gasteiger charge is 2.31. The maximum atomic E-state index is 13.3. The van der Waals surface area contributed by atoms with E-state index in [1.165, 1.54) is 33.9 Å². The molecular weight excluding hydrogens is 416 g/mol. The number of carbonyl (C=O) groups excluding carboxylic acids is 1. The second kappa shape index (κ2) is 8.24. The fraction of sp³-hybridized carbons (Fsp3) is 0.261. The number of sulfonamides is 1. The maximum Gasteiger partial charge on any atom is 0.264 e. The van der Waals surface area contributed by atoms with E-state index in [2.05, 4.69) is 18.4 Å². The van der Waals surface area contributed by atoms with E-state index in [1.807, 2.05) is 11.0 Å². The molecule has 5 nitrogen and oxygen atoms in total. The highest BCUT2D eigenvalue weighted by Crippen LogP contribution is 2.36. The molecule has 0 aliphatic carbocycles. The summed E-state index contributed by atoms with van der Waals surface area (Å²) in [5.41, 5.74) is 2.19. The van der Waals surface area contributed by atoms with Crippen molar-refractivity contribution in [2.75, 3.05) is 17.9 Å². The predicted octanol–water partition coefficient (Wildman–Crippen LogP) is 4.72. The highest BCUT2D eigenvalue weighted by atomic mass is 32.2. The van der Waals surface area contributed by atoms with Crippen molar-refractivity contribution in [2.45, 2.75) is 30.7 Å². The Hall–Kier alpha value is -2.64. The fourth-order valence-electron chi connectivity index (χ4n) is 3.97. The third-order valence-corrected chi connectivity index (χ3v) is 8.38. The van der Waals surface area contributed by atoms with Gasteiger partial charge in [-0.1, -0.05) is 31.2 Å². The number of carbonyl (C=O) groups is 1. The first-order valence-corrected chi connectivity index (χ1v) is 12.3. The van der Waals surface area contributed by atoms with Crippen molar-refractivity contribution in [3.8, 4) is 0 Å². The van der Waals surface area contributed by atoms with Gasteiger partial charge >= 0.3 is 0 Å². The molecule has 7 heteroatoms. The molecule has 1 unspecified atom stereocenters. The van der Waals surface area contributed by atoms with Gasteiger partial charge in [-0.05, 0) is 60.2 Å². The van der Waals surface area contributed by atoms with Gasteiger partial charge in [0.05, 0.1) is 16.6 Å². The van der Waals surface area contributed by atoms with Crippen molar-refractivity contribution in [1.82, 2.24) is 4.90 Å². The first-order chi connectivity index (χ1) is 14.4. The lowest BCUT2D eigenvalue weighted by atomic mass is 9.97. The third kappa shape index (κ3) is 3.63. The normalized spacial score (nSPS) is 16.2. The summed E-state index contributed by atoms with van der Waals surface area (Å²) in [7, 11) is -2.25. The predicted molar refractivity (Wildman–Crippen MR) is 121 cm³/mol. The number of fused-ring (bicyclic) bond motifs is 1. The lowest BCUT2D eigenvalue weighted by molar-refractivity contribution is 0.0657. The van der Waals surface area contributed by atoms with Crippen LogP contribution in [0.25, 0.3) is 0 Å². The average molecular weight is 441 g/mol. The Morgan fingerprint density at radius 2 is 1.90 bits per heavy atom. The second-order valence-electron chi connectivity index (χ2n) is 7.31. The van der Waals surface area contributed by atoms with Gasteiger partial charge in [0.25, 0.3) is 15.9 Å². The number of anilines is 1. The van der Waals surface area contributed by atoms with Crippen molar-refractivity contribution >= 4 is 33.0 Å². The summed E-state index contributed by atoms with van der Waals surface area (Å²) in [5, 5.41) is 2.08. The number of hydrogen-bond acceptors (Lipinski definition) is 4. The molecule has 0 saturated carbocycles. The van der Waals surface area contributed by atoms with Gasteiger partial charge in [-0.2, -0.15) is 0 Å². The van der Waals surface area contributed by atoms with Gasteiger partial charge in [0.15, 0.2) is 0 Å². The van der Waals surface area contributed by atoms with Crippen LogP contribution in [0.5, 0.6) is 0 Å². The van der Waals surface area contributed by atoms with E-state index in [9.17, 15) is 13.2 Å². The van der Waals surface area contributed by atoms with Crippen molar-refractivity contribution in [2.24, 2.45) is 0 Å². The van der Waals surface area contributed by atoms with Crippen molar-refractivity contribution < 1.29 is 13.2 Å². The Bertz CT molecular complexity index is 1160. The molecule has 1 aliphatic heterocycles. The molecule has 1 aliphatic rings. The number of thiophene rings is 1. The van der Waals surface area contributed by atoms with Gasteiger partial charge in [0.2, 0.25) is 0 Å². The zero-order chi connectivity index (χ0) is 21.3. The maximum absolute atomic E-state index is 13.3. The minimum atomic E-state index is -3.77. The Balaban J connectivity index is 1.64. The molecule has 1 atom stereocenters. The zero-order valence-corrected chi connectivity index (χ0v) is 18.6. The van der Waals surface area contributed by atoms with E-state index in [4.69, 9.17) is 0 Å². The van der Waals surface area contributed by atoms with Crippen molar-refractivity contribution in [3.05, 3.63) is 82.0 Å². The van der Waals surface area contributed by atoms with Gasteiger partial charge in [-0.25, -0.2) is 8.42 Å². The zero-order valence-electron chi connectivity index (χ0n) is 17.0. The molecule has 2 heterocycles.